The lowest BCUT2D eigenvalue weighted by molar-refractivity contribution is 0.762. The molecule has 0 atom stereocenters. The van der Waals surface area contributed by atoms with Gasteiger partial charge in [0.1, 0.15) is 0 Å². The minimum absolute atomic E-state index is 0.877. The zero-order valence-corrected chi connectivity index (χ0v) is 10.0. The molecule has 1 N–H and O–H groups in total. The summed E-state index contributed by atoms with van der Waals surface area (Å²) in [5.41, 5.74) is 4.09. The third-order valence-corrected chi connectivity index (χ3v) is 3.02. The molecule has 1 aliphatic heterocycles. The van der Waals surface area contributed by atoms with Gasteiger partial charge in [0.05, 0.1) is 0 Å². The van der Waals surface area contributed by atoms with Crippen molar-refractivity contribution in [2.24, 2.45) is 0 Å². The highest BCUT2D eigenvalue weighted by Gasteiger charge is 2.12. The maximum atomic E-state index is 4.19. The van der Waals surface area contributed by atoms with Gasteiger partial charge in [-0.3, -0.25) is 4.98 Å². The van der Waals surface area contributed by atoms with Gasteiger partial charge in [0, 0.05) is 43.3 Å². The summed E-state index contributed by atoms with van der Waals surface area (Å²) in [4.78, 5) is 6.61. The monoisotopic (exact) mass is 217 g/mol. The van der Waals surface area contributed by atoms with Gasteiger partial charge in [-0.25, -0.2) is 0 Å². The third kappa shape index (κ3) is 2.42. The van der Waals surface area contributed by atoms with Crippen molar-refractivity contribution in [2.45, 2.75) is 19.9 Å². The van der Waals surface area contributed by atoms with Crippen LogP contribution in [0.4, 0.5) is 5.69 Å². The lowest BCUT2D eigenvalue weighted by Crippen LogP contribution is -2.29. The van der Waals surface area contributed by atoms with E-state index in [0.717, 1.165) is 19.6 Å². The number of aromatic nitrogens is 1. The predicted octanol–water partition coefficient (Wildman–Crippen LogP) is 1.96. The van der Waals surface area contributed by atoms with E-state index in [0.29, 0.717) is 0 Å². The van der Waals surface area contributed by atoms with E-state index in [1.165, 1.54) is 23.2 Å². The third-order valence-electron chi connectivity index (χ3n) is 3.02. The van der Waals surface area contributed by atoms with Gasteiger partial charge in [-0.05, 0) is 26.5 Å². The van der Waals surface area contributed by atoms with Crippen molar-refractivity contribution in [2.75, 3.05) is 25.0 Å². The van der Waals surface area contributed by atoms with Gasteiger partial charge in [0.15, 0.2) is 0 Å². The zero-order chi connectivity index (χ0) is 11.4. The molecule has 0 aliphatic carbocycles. The van der Waals surface area contributed by atoms with Crippen molar-refractivity contribution in [1.82, 2.24) is 10.3 Å². The standard InChI is InChI=1S/C13H19N3/c1-11-4-7-16(8-5-11)13-3-6-15-10-12(13)9-14-2/h3-4,6,10,14H,5,7-9H2,1-2H3. The lowest BCUT2D eigenvalue weighted by Gasteiger charge is -2.29. The molecule has 2 rings (SSSR count). The summed E-state index contributed by atoms with van der Waals surface area (Å²) in [5, 5.41) is 3.19. The largest absolute Gasteiger partial charge is 0.367 e. The summed E-state index contributed by atoms with van der Waals surface area (Å²) < 4.78 is 0. The number of anilines is 1. The van der Waals surface area contributed by atoms with E-state index in [-0.39, 0.29) is 0 Å². The van der Waals surface area contributed by atoms with Gasteiger partial charge in [-0.2, -0.15) is 0 Å². The second-order valence-corrected chi connectivity index (χ2v) is 4.28. The van der Waals surface area contributed by atoms with Crippen molar-refractivity contribution < 1.29 is 0 Å². The molecule has 0 bridgehead atoms. The Hall–Kier alpha value is -1.35. The molecular weight excluding hydrogens is 198 g/mol. The molecule has 1 aromatic rings. The summed E-state index contributed by atoms with van der Waals surface area (Å²) in [6.07, 6.45) is 7.31. The first kappa shape index (κ1) is 11.1. The average Bonchev–Trinajstić information content (AvgIpc) is 2.32. The van der Waals surface area contributed by atoms with Gasteiger partial charge in [-0.1, -0.05) is 11.6 Å². The van der Waals surface area contributed by atoms with Gasteiger partial charge < -0.3 is 10.2 Å². The molecule has 3 heteroatoms. The van der Waals surface area contributed by atoms with Crippen LogP contribution in [0.1, 0.15) is 18.9 Å². The number of hydrogen-bond donors (Lipinski definition) is 1. The highest BCUT2D eigenvalue weighted by molar-refractivity contribution is 5.53. The number of rotatable bonds is 3. The molecule has 3 nitrogen and oxygen atoms in total. The number of nitrogens with zero attached hydrogens (tertiary/aromatic N) is 2. The molecule has 1 aromatic heterocycles. The van der Waals surface area contributed by atoms with E-state index in [1.807, 2.05) is 19.4 Å². The molecule has 0 saturated carbocycles. The molecule has 1 aliphatic rings. The molecule has 86 valence electrons. The second-order valence-electron chi connectivity index (χ2n) is 4.28. The fourth-order valence-corrected chi connectivity index (χ4v) is 2.04. The summed E-state index contributed by atoms with van der Waals surface area (Å²) in [6.45, 7) is 5.22. The molecule has 0 radical (unpaired) electrons. The van der Waals surface area contributed by atoms with E-state index in [4.69, 9.17) is 0 Å². The number of nitrogens with one attached hydrogen (secondary N) is 1. The normalized spacial score (nSPS) is 16.1. The van der Waals surface area contributed by atoms with E-state index in [1.54, 1.807) is 0 Å². The molecule has 0 unspecified atom stereocenters. The van der Waals surface area contributed by atoms with Crippen LogP contribution in [0.5, 0.6) is 0 Å². The fourth-order valence-electron chi connectivity index (χ4n) is 2.04. The van der Waals surface area contributed by atoms with Crippen LogP contribution in [0.25, 0.3) is 0 Å². The van der Waals surface area contributed by atoms with Crippen molar-refractivity contribution in [1.29, 1.82) is 0 Å². The van der Waals surface area contributed by atoms with E-state index < -0.39 is 0 Å². The minimum atomic E-state index is 0.877. The van der Waals surface area contributed by atoms with Crippen LogP contribution in [0, 0.1) is 0 Å². The quantitative estimate of drug-likeness (QED) is 0.784. The maximum Gasteiger partial charge on any atom is 0.0445 e. The predicted molar refractivity (Wildman–Crippen MR) is 67.6 cm³/mol. The van der Waals surface area contributed by atoms with E-state index in [2.05, 4.69) is 34.3 Å². The summed E-state index contributed by atoms with van der Waals surface area (Å²) >= 11 is 0. The van der Waals surface area contributed by atoms with Crippen molar-refractivity contribution in [3.63, 3.8) is 0 Å². The van der Waals surface area contributed by atoms with Crippen molar-refractivity contribution in [3.05, 3.63) is 35.7 Å². The minimum Gasteiger partial charge on any atom is -0.367 e. The van der Waals surface area contributed by atoms with Gasteiger partial charge in [-0.15, -0.1) is 0 Å². The average molecular weight is 217 g/mol. The summed E-state index contributed by atoms with van der Waals surface area (Å²) in [5.74, 6) is 0. The Bertz CT molecular complexity index is 385. The topological polar surface area (TPSA) is 28.2 Å². The summed E-state index contributed by atoms with van der Waals surface area (Å²) in [6, 6.07) is 2.11. The number of hydrogen-bond acceptors (Lipinski definition) is 3. The van der Waals surface area contributed by atoms with Crippen LogP contribution in [0.2, 0.25) is 0 Å². The van der Waals surface area contributed by atoms with Crippen LogP contribution in [-0.2, 0) is 6.54 Å². The smallest absolute Gasteiger partial charge is 0.0445 e. The molecular formula is C13H19N3. The Labute approximate surface area is 97.2 Å². The summed E-state index contributed by atoms with van der Waals surface area (Å²) in [7, 11) is 1.97. The molecule has 0 fully saturated rings. The lowest BCUT2D eigenvalue weighted by atomic mass is 10.1. The maximum absolute atomic E-state index is 4.19. The highest BCUT2D eigenvalue weighted by Crippen LogP contribution is 2.22. The van der Waals surface area contributed by atoms with Gasteiger partial charge in [0.25, 0.3) is 0 Å². The first-order valence-electron chi connectivity index (χ1n) is 5.79. The fraction of sp³-hybridized carbons (Fsp3) is 0.462. The Morgan fingerprint density at radius 3 is 3.06 bits per heavy atom. The van der Waals surface area contributed by atoms with Crippen LogP contribution in [-0.4, -0.2) is 25.1 Å². The van der Waals surface area contributed by atoms with Crippen LogP contribution in [0.15, 0.2) is 30.1 Å². The second kappa shape index (κ2) is 5.12. The molecule has 16 heavy (non-hydrogen) atoms. The van der Waals surface area contributed by atoms with Gasteiger partial charge >= 0.3 is 0 Å². The zero-order valence-electron chi connectivity index (χ0n) is 10.0. The van der Waals surface area contributed by atoms with Crippen molar-refractivity contribution in [3.8, 4) is 0 Å². The Morgan fingerprint density at radius 2 is 2.38 bits per heavy atom. The molecule has 0 amide bonds. The molecule has 2 heterocycles. The molecule has 0 saturated heterocycles. The molecule has 0 spiro atoms. The Morgan fingerprint density at radius 1 is 1.50 bits per heavy atom. The van der Waals surface area contributed by atoms with E-state index in [9.17, 15) is 0 Å². The first-order chi connectivity index (χ1) is 7.81. The SMILES string of the molecule is CNCc1cnccc1N1CC=C(C)CC1. The van der Waals surface area contributed by atoms with Crippen LogP contribution in [0.3, 0.4) is 0 Å². The first-order valence-corrected chi connectivity index (χ1v) is 5.79. The Balaban J connectivity index is 2.19. The van der Waals surface area contributed by atoms with E-state index >= 15 is 0 Å². The highest BCUT2D eigenvalue weighted by atomic mass is 15.1. The van der Waals surface area contributed by atoms with Gasteiger partial charge in [0.2, 0.25) is 0 Å². The number of pyridine rings is 1. The van der Waals surface area contributed by atoms with Crippen LogP contribution >= 0.6 is 0 Å². The van der Waals surface area contributed by atoms with Crippen LogP contribution < -0.4 is 10.2 Å². The molecule has 0 aromatic carbocycles. The Kier molecular flexibility index (Phi) is 3.57. The van der Waals surface area contributed by atoms with Crippen molar-refractivity contribution >= 4 is 5.69 Å².